The smallest absolute Gasteiger partial charge is 0.261 e. The van der Waals surface area contributed by atoms with Gasteiger partial charge in [0.1, 0.15) is 17.8 Å². The molecule has 0 saturated carbocycles. The lowest BCUT2D eigenvalue weighted by atomic mass is 10.1. The van der Waals surface area contributed by atoms with Gasteiger partial charge in [0.2, 0.25) is 0 Å². The van der Waals surface area contributed by atoms with Crippen LogP contribution in [0.5, 0.6) is 0 Å². The third-order valence-electron chi connectivity index (χ3n) is 4.42. The zero-order chi connectivity index (χ0) is 20.8. The van der Waals surface area contributed by atoms with Crippen molar-refractivity contribution < 1.29 is 8.42 Å². The van der Waals surface area contributed by atoms with Crippen LogP contribution in [0.4, 0.5) is 11.5 Å². The van der Waals surface area contributed by atoms with E-state index in [0.29, 0.717) is 33.0 Å². The minimum absolute atomic E-state index is 0.0364. The number of aromatic nitrogens is 3. The Bertz CT molecular complexity index is 1350. The summed E-state index contributed by atoms with van der Waals surface area (Å²) in [4.78, 5) is 8.34. The maximum atomic E-state index is 12.8. The molecule has 148 valence electrons. The molecule has 0 fully saturated rings. The highest BCUT2D eigenvalue weighted by Gasteiger charge is 2.20. The molecule has 4 rings (SSSR count). The number of nitrogens with zero attached hydrogens (tertiary/aromatic N) is 3. The fourth-order valence-electron chi connectivity index (χ4n) is 3.10. The molecule has 3 N–H and O–H groups in total. The number of rotatable bonds is 4. The average molecular weight is 448 g/mol. The van der Waals surface area contributed by atoms with Crippen molar-refractivity contribution in [2.24, 2.45) is 7.05 Å². The van der Waals surface area contributed by atoms with Gasteiger partial charge in [-0.05, 0) is 24.3 Å². The monoisotopic (exact) mass is 447 g/mol. The SMILES string of the molecule is Cn1cc(-c2cccc(NS(=O)(=O)c3cccc(Cl)c3)c2Cl)c2c(N)ncnc21. The second kappa shape index (κ2) is 7.22. The number of sulfonamides is 1. The highest BCUT2D eigenvalue weighted by atomic mass is 35.5. The molecule has 0 unspecified atom stereocenters. The third kappa shape index (κ3) is 3.50. The normalized spacial score (nSPS) is 11.7. The van der Waals surface area contributed by atoms with Crippen molar-refractivity contribution in [2.45, 2.75) is 4.90 Å². The summed E-state index contributed by atoms with van der Waals surface area (Å²) >= 11 is 12.5. The van der Waals surface area contributed by atoms with Gasteiger partial charge in [-0.2, -0.15) is 0 Å². The van der Waals surface area contributed by atoms with Gasteiger partial charge in [-0.15, -0.1) is 0 Å². The van der Waals surface area contributed by atoms with Crippen LogP contribution in [0.2, 0.25) is 10.0 Å². The van der Waals surface area contributed by atoms with E-state index in [-0.39, 0.29) is 15.6 Å². The Hall–Kier alpha value is -2.81. The van der Waals surface area contributed by atoms with Crippen LogP contribution in [-0.2, 0) is 17.1 Å². The Balaban J connectivity index is 1.82. The van der Waals surface area contributed by atoms with Crippen LogP contribution in [0.15, 0.2) is 59.9 Å². The number of aryl methyl sites for hydroxylation is 1. The Labute approximate surface area is 177 Å². The van der Waals surface area contributed by atoms with Gasteiger partial charge in [0.05, 0.1) is 21.0 Å². The van der Waals surface area contributed by atoms with Crippen molar-refractivity contribution in [1.82, 2.24) is 14.5 Å². The summed E-state index contributed by atoms with van der Waals surface area (Å²) in [5, 5.41) is 1.19. The predicted molar refractivity (Wildman–Crippen MR) is 116 cm³/mol. The number of nitrogens with one attached hydrogen (secondary N) is 1. The number of halogens is 2. The van der Waals surface area contributed by atoms with E-state index in [1.165, 1.54) is 18.5 Å². The maximum absolute atomic E-state index is 12.8. The molecule has 0 saturated heterocycles. The summed E-state index contributed by atoms with van der Waals surface area (Å²) in [6, 6.07) is 11.0. The Kier molecular flexibility index (Phi) is 4.85. The van der Waals surface area contributed by atoms with Gasteiger partial charge in [-0.25, -0.2) is 18.4 Å². The first-order valence-electron chi connectivity index (χ1n) is 8.40. The van der Waals surface area contributed by atoms with Gasteiger partial charge in [0.15, 0.2) is 0 Å². The van der Waals surface area contributed by atoms with Crippen LogP contribution >= 0.6 is 23.2 Å². The van der Waals surface area contributed by atoms with E-state index in [4.69, 9.17) is 28.9 Å². The molecule has 0 atom stereocenters. The second-order valence-corrected chi connectivity index (χ2v) is 8.84. The standard InChI is InChI=1S/C19H15Cl2N5O2S/c1-26-9-14(16-18(22)23-10-24-19(16)26)13-6-3-7-15(17(13)21)25-29(27,28)12-5-2-4-11(20)8-12/h2-10,25H,1H3,(H2,22,23,24). The number of benzene rings is 2. The van der Waals surface area contributed by atoms with Crippen molar-refractivity contribution >= 4 is 55.8 Å². The van der Waals surface area contributed by atoms with Crippen molar-refractivity contribution in [3.8, 4) is 11.1 Å². The van der Waals surface area contributed by atoms with Gasteiger partial charge >= 0.3 is 0 Å². The lowest BCUT2D eigenvalue weighted by Crippen LogP contribution is -2.13. The van der Waals surface area contributed by atoms with E-state index < -0.39 is 10.0 Å². The maximum Gasteiger partial charge on any atom is 0.261 e. The van der Waals surface area contributed by atoms with Gasteiger partial charge in [-0.1, -0.05) is 41.4 Å². The highest BCUT2D eigenvalue weighted by Crippen LogP contribution is 2.39. The molecular formula is C19H15Cl2N5O2S. The van der Waals surface area contributed by atoms with Crippen molar-refractivity contribution in [2.75, 3.05) is 10.5 Å². The summed E-state index contributed by atoms with van der Waals surface area (Å²) in [6.45, 7) is 0. The Morgan fingerprint density at radius 2 is 1.83 bits per heavy atom. The summed E-state index contributed by atoms with van der Waals surface area (Å²) in [7, 11) is -2.04. The Morgan fingerprint density at radius 3 is 2.59 bits per heavy atom. The summed E-state index contributed by atoms with van der Waals surface area (Å²) < 4.78 is 29.8. The number of fused-ring (bicyclic) bond motifs is 1. The molecule has 10 heteroatoms. The van der Waals surface area contributed by atoms with Crippen molar-refractivity contribution in [1.29, 1.82) is 0 Å². The van der Waals surface area contributed by atoms with Gasteiger partial charge in [-0.3, -0.25) is 4.72 Å². The average Bonchev–Trinajstić information content (AvgIpc) is 3.01. The first-order valence-corrected chi connectivity index (χ1v) is 10.6. The molecule has 0 bridgehead atoms. The third-order valence-corrected chi connectivity index (χ3v) is 6.43. The van der Waals surface area contributed by atoms with Gasteiger partial charge < -0.3 is 10.3 Å². The van der Waals surface area contributed by atoms with Crippen molar-refractivity contribution in [3.63, 3.8) is 0 Å². The molecule has 0 amide bonds. The van der Waals surface area contributed by atoms with E-state index in [0.717, 1.165) is 0 Å². The molecule has 0 aliphatic rings. The molecule has 4 aromatic rings. The summed E-state index contributed by atoms with van der Waals surface area (Å²) in [5.41, 5.74) is 8.24. The molecule has 0 spiro atoms. The fourth-order valence-corrected chi connectivity index (χ4v) is 4.80. The first kappa shape index (κ1) is 19.5. The van der Waals surface area contributed by atoms with Crippen LogP contribution in [0.1, 0.15) is 0 Å². The quantitative estimate of drug-likeness (QED) is 0.484. The minimum atomic E-state index is -3.88. The van der Waals surface area contributed by atoms with Gasteiger partial charge in [0, 0.05) is 29.4 Å². The molecule has 29 heavy (non-hydrogen) atoms. The van der Waals surface area contributed by atoms with Crippen molar-refractivity contribution in [3.05, 3.63) is 65.0 Å². The largest absolute Gasteiger partial charge is 0.383 e. The molecule has 0 aliphatic carbocycles. The molecule has 0 aliphatic heterocycles. The molecule has 2 aromatic heterocycles. The van der Waals surface area contributed by atoms with E-state index in [1.807, 2.05) is 17.8 Å². The topological polar surface area (TPSA) is 103 Å². The molecule has 0 radical (unpaired) electrons. The summed E-state index contributed by atoms with van der Waals surface area (Å²) in [5.74, 6) is 0.312. The lowest BCUT2D eigenvalue weighted by Gasteiger charge is -2.12. The highest BCUT2D eigenvalue weighted by molar-refractivity contribution is 7.92. The van der Waals surface area contributed by atoms with Crippen LogP contribution in [0, 0.1) is 0 Å². The zero-order valence-corrected chi connectivity index (χ0v) is 17.4. The van der Waals surface area contributed by atoms with Crippen LogP contribution < -0.4 is 10.5 Å². The fraction of sp³-hybridized carbons (Fsp3) is 0.0526. The van der Waals surface area contributed by atoms with Gasteiger partial charge in [0.25, 0.3) is 10.0 Å². The number of nitrogen functional groups attached to an aromatic ring is 1. The first-order chi connectivity index (χ1) is 13.8. The lowest BCUT2D eigenvalue weighted by molar-refractivity contribution is 0.601. The van der Waals surface area contributed by atoms with Crippen LogP contribution in [-0.4, -0.2) is 23.0 Å². The number of hydrogen-bond donors (Lipinski definition) is 2. The molecule has 2 aromatic carbocycles. The zero-order valence-electron chi connectivity index (χ0n) is 15.1. The molecule has 2 heterocycles. The Morgan fingerprint density at radius 1 is 1.07 bits per heavy atom. The van der Waals surface area contributed by atoms with E-state index in [1.54, 1.807) is 30.3 Å². The number of nitrogens with two attached hydrogens (primary N) is 1. The van der Waals surface area contributed by atoms with E-state index in [2.05, 4.69) is 14.7 Å². The minimum Gasteiger partial charge on any atom is -0.383 e. The number of hydrogen-bond acceptors (Lipinski definition) is 5. The van der Waals surface area contributed by atoms with E-state index >= 15 is 0 Å². The molecule has 7 nitrogen and oxygen atoms in total. The summed E-state index contributed by atoms with van der Waals surface area (Å²) in [6.07, 6.45) is 3.21. The van der Waals surface area contributed by atoms with Crippen LogP contribution in [0.25, 0.3) is 22.2 Å². The molecular weight excluding hydrogens is 433 g/mol. The van der Waals surface area contributed by atoms with Crippen LogP contribution in [0.3, 0.4) is 0 Å². The van der Waals surface area contributed by atoms with E-state index in [9.17, 15) is 8.42 Å². The number of anilines is 2. The predicted octanol–water partition coefficient (Wildman–Crippen LogP) is 4.33. The second-order valence-electron chi connectivity index (χ2n) is 6.34.